The second-order valence-corrected chi connectivity index (χ2v) is 16.1. The third-order valence-electron chi connectivity index (χ3n) is 11.7. The number of hydrogen-bond acceptors (Lipinski definition) is 10. The van der Waals surface area contributed by atoms with Crippen molar-refractivity contribution in [1.82, 2.24) is 29.8 Å². The zero-order chi connectivity index (χ0) is 36.3. The lowest BCUT2D eigenvalue weighted by Crippen LogP contribution is -2.54. The highest BCUT2D eigenvalue weighted by Gasteiger charge is 2.46. The van der Waals surface area contributed by atoms with Crippen molar-refractivity contribution in [1.29, 1.82) is 0 Å². The first-order valence-electron chi connectivity index (χ1n) is 18.1. The van der Waals surface area contributed by atoms with Crippen LogP contribution < -0.4 is 21.1 Å². The van der Waals surface area contributed by atoms with Crippen LogP contribution in [0.15, 0.2) is 57.9 Å². The van der Waals surface area contributed by atoms with Crippen molar-refractivity contribution in [2.45, 2.75) is 56.7 Å². The number of likely N-dealkylation sites (N-methyl/N-ethyl adjacent to an activating group) is 1. The van der Waals surface area contributed by atoms with Gasteiger partial charge in [-0.25, -0.2) is 4.68 Å². The molecule has 6 heterocycles. The molecule has 2 unspecified atom stereocenters. The lowest BCUT2D eigenvalue weighted by atomic mass is 9.86. The van der Waals surface area contributed by atoms with Gasteiger partial charge in [0.2, 0.25) is 11.8 Å². The highest BCUT2D eigenvalue weighted by atomic mass is 79.9. The van der Waals surface area contributed by atoms with Crippen LogP contribution in [0.3, 0.4) is 0 Å². The average molecular weight is 772 g/mol. The third-order valence-corrected chi connectivity index (χ3v) is 12.4. The minimum absolute atomic E-state index is 0.0992. The van der Waals surface area contributed by atoms with E-state index in [1.54, 1.807) is 25.4 Å². The Morgan fingerprint density at radius 1 is 0.942 bits per heavy atom. The van der Waals surface area contributed by atoms with Gasteiger partial charge in [-0.2, -0.15) is 5.10 Å². The topological polar surface area (TPSA) is 140 Å². The van der Waals surface area contributed by atoms with Gasteiger partial charge < -0.3 is 15.1 Å². The fourth-order valence-electron chi connectivity index (χ4n) is 8.96. The van der Waals surface area contributed by atoms with Gasteiger partial charge in [0.15, 0.2) is 0 Å². The lowest BCUT2D eigenvalue weighted by Gasteiger charge is -2.37. The van der Waals surface area contributed by atoms with E-state index in [4.69, 9.17) is 0 Å². The summed E-state index contributed by atoms with van der Waals surface area (Å²) in [5.74, 6) is -1.56. The zero-order valence-corrected chi connectivity index (χ0v) is 31.0. The Balaban J connectivity index is 0.872. The molecular weight excluding hydrogens is 728 g/mol. The van der Waals surface area contributed by atoms with Gasteiger partial charge in [0, 0.05) is 69.9 Å². The molecule has 5 aliphatic rings. The molecule has 14 heteroatoms. The Hall–Kier alpha value is -4.40. The van der Waals surface area contributed by atoms with Crippen molar-refractivity contribution in [3.63, 3.8) is 0 Å². The van der Waals surface area contributed by atoms with Gasteiger partial charge in [-0.15, -0.1) is 0 Å². The molecule has 8 rings (SSSR count). The fourth-order valence-corrected chi connectivity index (χ4v) is 9.43. The van der Waals surface area contributed by atoms with Gasteiger partial charge >= 0.3 is 0 Å². The fraction of sp³-hybridized carbons (Fsp3) is 0.474. The number of fused-ring (bicyclic) bond motifs is 1. The molecule has 13 nitrogen and oxygen atoms in total. The summed E-state index contributed by atoms with van der Waals surface area (Å²) in [4.78, 5) is 71.3. The summed E-state index contributed by atoms with van der Waals surface area (Å²) in [7, 11) is 3.78. The molecule has 0 saturated carbocycles. The summed E-state index contributed by atoms with van der Waals surface area (Å²) in [6, 6.07) is 13.7. The lowest BCUT2D eigenvalue weighted by molar-refractivity contribution is -0.136. The molecule has 0 bridgehead atoms. The molecule has 272 valence electrons. The van der Waals surface area contributed by atoms with Crippen LogP contribution in [0.1, 0.15) is 69.9 Å². The van der Waals surface area contributed by atoms with Gasteiger partial charge in [0.05, 0.1) is 23.0 Å². The minimum atomic E-state index is -0.965. The van der Waals surface area contributed by atoms with Crippen molar-refractivity contribution in [2.24, 2.45) is 12.5 Å². The Bertz CT molecular complexity index is 2020. The second kappa shape index (κ2) is 13.5. The predicted octanol–water partition coefficient (Wildman–Crippen LogP) is 2.95. The minimum Gasteiger partial charge on any atom is -0.379 e. The number of hydrogen-bond donors (Lipinski definition) is 2. The number of nitrogens with one attached hydrogen (secondary N) is 2. The number of likely N-dealkylation sites (tertiary alicyclic amines) is 2. The van der Waals surface area contributed by atoms with Crippen LogP contribution in [0.5, 0.6) is 0 Å². The first-order chi connectivity index (χ1) is 25.0. The molecule has 4 fully saturated rings. The van der Waals surface area contributed by atoms with Crippen molar-refractivity contribution in [3.8, 4) is 0 Å². The largest absolute Gasteiger partial charge is 0.379 e. The number of imide groups is 2. The van der Waals surface area contributed by atoms with Crippen LogP contribution in [0.25, 0.3) is 0 Å². The van der Waals surface area contributed by atoms with Crippen LogP contribution >= 0.6 is 15.9 Å². The van der Waals surface area contributed by atoms with Crippen LogP contribution in [-0.2, 0) is 23.2 Å². The second-order valence-electron chi connectivity index (χ2n) is 15.3. The van der Waals surface area contributed by atoms with E-state index >= 15 is 0 Å². The number of anilines is 2. The average Bonchev–Trinajstić information content (AvgIpc) is 3.80. The van der Waals surface area contributed by atoms with Crippen molar-refractivity contribution in [3.05, 3.63) is 85.7 Å². The Morgan fingerprint density at radius 2 is 1.71 bits per heavy atom. The number of benzene rings is 2. The molecular formula is C38H43BrN8O5. The molecule has 0 radical (unpaired) electrons. The Labute approximate surface area is 310 Å². The van der Waals surface area contributed by atoms with Crippen LogP contribution in [0, 0.1) is 5.41 Å². The Kier molecular flexibility index (Phi) is 9.03. The predicted molar refractivity (Wildman–Crippen MR) is 198 cm³/mol. The molecule has 5 aliphatic heterocycles. The smallest absolute Gasteiger partial charge is 0.282 e. The number of rotatable bonds is 7. The number of halogens is 1. The van der Waals surface area contributed by atoms with Gasteiger partial charge in [-0.05, 0) is 90.4 Å². The van der Waals surface area contributed by atoms with Crippen molar-refractivity contribution < 1.29 is 19.2 Å². The van der Waals surface area contributed by atoms with Gasteiger partial charge in [-0.3, -0.25) is 39.1 Å². The van der Waals surface area contributed by atoms with E-state index in [0.29, 0.717) is 21.5 Å². The number of aromatic nitrogens is 2. The van der Waals surface area contributed by atoms with E-state index in [1.165, 1.54) is 15.8 Å². The first kappa shape index (κ1) is 34.7. The number of carbonyl (C=O) groups is 4. The summed E-state index contributed by atoms with van der Waals surface area (Å²) in [6.07, 6.45) is 5.07. The normalized spacial score (nSPS) is 26.8. The first-order valence-corrected chi connectivity index (χ1v) is 18.8. The number of nitrogens with zero attached hydrogens (tertiary/aromatic N) is 6. The van der Waals surface area contributed by atoms with Gasteiger partial charge in [0.1, 0.15) is 10.5 Å². The maximum Gasteiger partial charge on any atom is 0.282 e. The molecule has 3 aromatic rings. The van der Waals surface area contributed by atoms with Crippen molar-refractivity contribution >= 4 is 50.9 Å². The number of amides is 4. The quantitative estimate of drug-likeness (QED) is 0.345. The number of piperidine rings is 2. The Morgan fingerprint density at radius 3 is 2.50 bits per heavy atom. The van der Waals surface area contributed by atoms with E-state index in [0.717, 1.165) is 81.4 Å². The summed E-state index contributed by atoms with van der Waals surface area (Å²) < 4.78 is 1.83. The van der Waals surface area contributed by atoms with E-state index < -0.39 is 23.8 Å². The molecule has 0 aliphatic carbocycles. The zero-order valence-electron chi connectivity index (χ0n) is 29.4. The molecule has 1 aromatic heterocycles. The van der Waals surface area contributed by atoms with E-state index in [1.807, 2.05) is 6.07 Å². The van der Waals surface area contributed by atoms with E-state index in [9.17, 15) is 24.0 Å². The molecule has 4 saturated heterocycles. The number of carbonyl (C=O) groups excluding carboxylic acids is 4. The molecule has 4 amide bonds. The molecule has 2 aromatic carbocycles. The number of aryl methyl sites for hydroxylation is 1. The summed E-state index contributed by atoms with van der Waals surface area (Å²) in [6.45, 7) is 6.55. The molecule has 4 atom stereocenters. The SMILES string of the molecule is CN1C[C@H](Nc2cnn(C)c(=O)c2Br)C[C@H](c2ccc(CN3CCC4(CCN(c5ccc6c(c5)C(=O)N(C5CCC(=O)NC5=O)C6=O)C4)C3)cc2)C1. The van der Waals surface area contributed by atoms with Crippen molar-refractivity contribution in [2.75, 3.05) is 56.5 Å². The third kappa shape index (κ3) is 6.45. The van der Waals surface area contributed by atoms with Gasteiger partial charge in [-0.1, -0.05) is 24.3 Å². The van der Waals surface area contributed by atoms with Crippen LogP contribution in [0.4, 0.5) is 11.4 Å². The maximum absolute atomic E-state index is 13.4. The summed E-state index contributed by atoms with van der Waals surface area (Å²) in [5, 5.41) is 9.98. The van der Waals surface area contributed by atoms with Gasteiger partial charge in [0.25, 0.3) is 17.4 Å². The van der Waals surface area contributed by atoms with Crippen LogP contribution in [-0.4, -0.2) is 107 Å². The van der Waals surface area contributed by atoms with Crippen LogP contribution in [0.2, 0.25) is 0 Å². The molecule has 1 spiro atoms. The summed E-state index contributed by atoms with van der Waals surface area (Å²) >= 11 is 3.44. The molecule has 2 N–H and O–H groups in total. The standard InChI is InChI=1S/C38H43BrN8O5/c1-43-19-25(15-26(20-43)41-30-17-40-44(2)37(52)33(30)39)24-5-3-23(4-6-24)18-45-13-11-38(21-45)12-14-46(22-38)27-7-8-28-29(16-27)36(51)47(35(28)50)31-9-10-32(48)42-34(31)49/h3-8,16-17,25-26,31,41H,9-15,18-22H2,1-2H3,(H,42,48,49)/t25-,26+,31?,38?/m0/s1. The van der Waals surface area contributed by atoms with E-state index in [2.05, 4.69) is 77.7 Å². The highest BCUT2D eigenvalue weighted by molar-refractivity contribution is 9.10. The van der Waals surface area contributed by atoms with E-state index in [-0.39, 0.29) is 35.8 Å². The monoisotopic (exact) mass is 770 g/mol. The molecule has 52 heavy (non-hydrogen) atoms. The maximum atomic E-state index is 13.4. The summed E-state index contributed by atoms with van der Waals surface area (Å²) in [5.41, 5.74) is 4.90. The highest BCUT2D eigenvalue weighted by Crippen LogP contribution is 2.42.